The Morgan fingerprint density at radius 2 is 2.43 bits per heavy atom. The molecule has 14 heavy (non-hydrogen) atoms. The minimum atomic E-state index is 0.718. The molecule has 1 saturated heterocycles. The Labute approximate surface area is 90.7 Å². The molecule has 0 bridgehead atoms. The van der Waals surface area contributed by atoms with Crippen LogP contribution in [0.15, 0.2) is 16.8 Å². The van der Waals surface area contributed by atoms with Gasteiger partial charge in [0.15, 0.2) is 0 Å². The van der Waals surface area contributed by atoms with E-state index in [9.17, 15) is 0 Å². The van der Waals surface area contributed by atoms with E-state index in [1.165, 1.54) is 38.8 Å². The van der Waals surface area contributed by atoms with Crippen molar-refractivity contribution in [3.63, 3.8) is 0 Å². The highest BCUT2D eigenvalue weighted by molar-refractivity contribution is 7.07. The Kier molecular flexibility index (Phi) is 3.60. The molecule has 0 radical (unpaired) electrons. The first-order valence-corrected chi connectivity index (χ1v) is 6.62. The summed E-state index contributed by atoms with van der Waals surface area (Å²) in [5.41, 5.74) is 1.54. The predicted octanol–water partition coefficient (Wildman–Crippen LogP) is 3.69. The quantitative estimate of drug-likeness (QED) is 0.734. The van der Waals surface area contributed by atoms with Crippen molar-refractivity contribution in [1.82, 2.24) is 4.90 Å². The third kappa shape index (κ3) is 2.18. The zero-order chi connectivity index (χ0) is 9.80. The summed E-state index contributed by atoms with van der Waals surface area (Å²) in [4.78, 5) is 2.66. The van der Waals surface area contributed by atoms with E-state index in [0.717, 1.165) is 6.04 Å². The summed E-state index contributed by atoms with van der Waals surface area (Å²) in [6.45, 7) is 4.84. The highest BCUT2D eigenvalue weighted by Crippen LogP contribution is 2.31. The number of rotatable bonds is 3. The molecule has 1 aromatic rings. The Hall–Kier alpha value is -0.340. The van der Waals surface area contributed by atoms with Crippen molar-refractivity contribution in [3.8, 4) is 0 Å². The van der Waals surface area contributed by atoms with E-state index >= 15 is 0 Å². The molecule has 0 saturated carbocycles. The van der Waals surface area contributed by atoms with Crippen molar-refractivity contribution in [2.24, 2.45) is 0 Å². The van der Waals surface area contributed by atoms with Crippen molar-refractivity contribution in [2.75, 3.05) is 13.1 Å². The van der Waals surface area contributed by atoms with Gasteiger partial charge in [-0.1, -0.05) is 13.3 Å². The van der Waals surface area contributed by atoms with E-state index in [1.54, 1.807) is 5.56 Å². The van der Waals surface area contributed by atoms with Crippen LogP contribution in [0.25, 0.3) is 0 Å². The molecule has 2 heterocycles. The van der Waals surface area contributed by atoms with Crippen molar-refractivity contribution in [3.05, 3.63) is 22.4 Å². The second-order valence-electron chi connectivity index (χ2n) is 4.10. The van der Waals surface area contributed by atoms with Crippen LogP contribution in [0.3, 0.4) is 0 Å². The van der Waals surface area contributed by atoms with Gasteiger partial charge >= 0.3 is 0 Å². The highest BCUT2D eigenvalue weighted by atomic mass is 32.1. The van der Waals surface area contributed by atoms with E-state index in [-0.39, 0.29) is 0 Å². The van der Waals surface area contributed by atoms with Crippen LogP contribution in [0.4, 0.5) is 0 Å². The number of thiophene rings is 1. The molecule has 0 aliphatic carbocycles. The molecule has 0 amide bonds. The molecule has 2 rings (SSSR count). The maximum atomic E-state index is 2.66. The largest absolute Gasteiger partial charge is 0.296 e. The summed E-state index contributed by atoms with van der Waals surface area (Å²) >= 11 is 1.83. The van der Waals surface area contributed by atoms with Gasteiger partial charge in [0.2, 0.25) is 0 Å². The third-order valence-electron chi connectivity index (χ3n) is 3.05. The summed E-state index contributed by atoms with van der Waals surface area (Å²) in [6, 6.07) is 3.01. The number of nitrogens with zero attached hydrogens (tertiary/aromatic N) is 1. The Balaban J connectivity index is 2.06. The summed E-state index contributed by atoms with van der Waals surface area (Å²) < 4.78 is 0. The lowest BCUT2D eigenvalue weighted by molar-refractivity contribution is 0.149. The van der Waals surface area contributed by atoms with Crippen LogP contribution in [0.1, 0.15) is 44.2 Å². The lowest BCUT2D eigenvalue weighted by atomic mass is 9.97. The lowest BCUT2D eigenvalue weighted by Crippen LogP contribution is -2.33. The zero-order valence-electron chi connectivity index (χ0n) is 8.91. The van der Waals surface area contributed by atoms with Gasteiger partial charge in [0.25, 0.3) is 0 Å². The Bertz CT molecular complexity index is 253. The standard InChI is InChI=1S/C12H19NS/c1-2-7-13-8-4-3-5-12(13)11-6-9-14-10-11/h6,9-10,12H,2-5,7-8H2,1H3/t12-/m0/s1. The van der Waals surface area contributed by atoms with Crippen LogP contribution >= 0.6 is 11.3 Å². The van der Waals surface area contributed by atoms with Crippen LogP contribution in [0, 0.1) is 0 Å². The van der Waals surface area contributed by atoms with Crippen molar-refractivity contribution in [1.29, 1.82) is 0 Å². The SMILES string of the molecule is CCCN1CCCC[C@H]1c1ccsc1. The molecule has 1 fully saturated rings. The van der Waals surface area contributed by atoms with Crippen molar-refractivity contribution < 1.29 is 0 Å². The van der Waals surface area contributed by atoms with E-state index in [4.69, 9.17) is 0 Å². The lowest BCUT2D eigenvalue weighted by Gasteiger charge is -2.35. The van der Waals surface area contributed by atoms with Gasteiger partial charge in [-0.25, -0.2) is 0 Å². The molecule has 1 atom stereocenters. The van der Waals surface area contributed by atoms with E-state index < -0.39 is 0 Å². The van der Waals surface area contributed by atoms with E-state index in [1.807, 2.05) is 11.3 Å². The fraction of sp³-hybridized carbons (Fsp3) is 0.667. The average Bonchev–Trinajstić information content (AvgIpc) is 2.72. The molecule has 0 N–H and O–H groups in total. The Morgan fingerprint density at radius 3 is 3.14 bits per heavy atom. The summed E-state index contributed by atoms with van der Waals surface area (Å²) in [5.74, 6) is 0. The van der Waals surface area contributed by atoms with Gasteiger partial charge in [-0.05, 0) is 54.7 Å². The molecule has 1 aliphatic rings. The van der Waals surface area contributed by atoms with Gasteiger partial charge < -0.3 is 0 Å². The van der Waals surface area contributed by atoms with Gasteiger partial charge in [0, 0.05) is 6.04 Å². The Morgan fingerprint density at radius 1 is 1.50 bits per heavy atom. The molecule has 1 aliphatic heterocycles. The monoisotopic (exact) mass is 209 g/mol. The maximum Gasteiger partial charge on any atom is 0.0356 e. The second-order valence-corrected chi connectivity index (χ2v) is 4.88. The van der Waals surface area contributed by atoms with Crippen LogP contribution in [-0.4, -0.2) is 18.0 Å². The second kappa shape index (κ2) is 4.94. The molecule has 0 aromatic carbocycles. The zero-order valence-corrected chi connectivity index (χ0v) is 9.72. The average molecular weight is 209 g/mol. The number of likely N-dealkylation sites (tertiary alicyclic amines) is 1. The minimum Gasteiger partial charge on any atom is -0.296 e. The molecule has 1 aromatic heterocycles. The van der Waals surface area contributed by atoms with Crippen LogP contribution in [0.2, 0.25) is 0 Å². The van der Waals surface area contributed by atoms with Crippen LogP contribution in [-0.2, 0) is 0 Å². The molecular weight excluding hydrogens is 190 g/mol. The summed E-state index contributed by atoms with van der Waals surface area (Å²) in [6.07, 6.45) is 5.43. The summed E-state index contributed by atoms with van der Waals surface area (Å²) in [7, 11) is 0. The van der Waals surface area contributed by atoms with Crippen molar-refractivity contribution in [2.45, 2.75) is 38.6 Å². The van der Waals surface area contributed by atoms with Gasteiger partial charge in [0.1, 0.15) is 0 Å². The number of piperidine rings is 1. The fourth-order valence-electron chi connectivity index (χ4n) is 2.39. The van der Waals surface area contributed by atoms with E-state index in [0.29, 0.717) is 0 Å². The van der Waals surface area contributed by atoms with Crippen molar-refractivity contribution >= 4 is 11.3 Å². The van der Waals surface area contributed by atoms with Gasteiger partial charge in [-0.15, -0.1) is 0 Å². The fourth-order valence-corrected chi connectivity index (χ4v) is 3.09. The molecule has 2 heteroatoms. The first-order valence-electron chi connectivity index (χ1n) is 5.68. The molecule has 78 valence electrons. The maximum absolute atomic E-state index is 2.66. The topological polar surface area (TPSA) is 3.24 Å². The van der Waals surface area contributed by atoms with E-state index in [2.05, 4.69) is 28.7 Å². The van der Waals surface area contributed by atoms with Gasteiger partial charge in [0.05, 0.1) is 0 Å². The normalized spacial score (nSPS) is 23.9. The van der Waals surface area contributed by atoms with Crippen LogP contribution < -0.4 is 0 Å². The minimum absolute atomic E-state index is 0.718. The highest BCUT2D eigenvalue weighted by Gasteiger charge is 2.22. The first kappa shape index (κ1) is 10.2. The molecular formula is C12H19NS. The third-order valence-corrected chi connectivity index (χ3v) is 3.75. The first-order chi connectivity index (χ1) is 6.92. The number of hydrogen-bond acceptors (Lipinski definition) is 2. The smallest absolute Gasteiger partial charge is 0.0356 e. The summed E-state index contributed by atoms with van der Waals surface area (Å²) in [5, 5.41) is 4.52. The molecule has 1 nitrogen and oxygen atoms in total. The molecule has 0 spiro atoms. The van der Waals surface area contributed by atoms with Gasteiger partial charge in [-0.2, -0.15) is 11.3 Å². The number of hydrogen-bond donors (Lipinski definition) is 0. The predicted molar refractivity (Wildman–Crippen MR) is 62.8 cm³/mol. The molecule has 0 unspecified atom stereocenters. The van der Waals surface area contributed by atoms with Gasteiger partial charge in [-0.3, -0.25) is 4.90 Å². The van der Waals surface area contributed by atoms with Crippen LogP contribution in [0.5, 0.6) is 0 Å².